The predicted octanol–water partition coefficient (Wildman–Crippen LogP) is 3.67. The van der Waals surface area contributed by atoms with Crippen molar-refractivity contribution in [3.05, 3.63) is 48.3 Å². The molecule has 0 fully saturated rings. The lowest BCUT2D eigenvalue weighted by molar-refractivity contribution is 0.0640. The maximum absolute atomic E-state index is 13.7. The zero-order valence-corrected chi connectivity index (χ0v) is 13.7. The molecular weight excluding hydrogens is 297 g/mol. The van der Waals surface area contributed by atoms with E-state index in [2.05, 4.69) is 9.97 Å². The second-order valence-electron chi connectivity index (χ2n) is 5.72. The summed E-state index contributed by atoms with van der Waals surface area (Å²) in [4.78, 5) is 22.2. The summed E-state index contributed by atoms with van der Waals surface area (Å²) in [5.41, 5.74) is 0.177. The van der Waals surface area contributed by atoms with E-state index in [0.29, 0.717) is 5.75 Å². The number of carbonyl (C=O) groups is 1. The molecule has 1 aromatic carbocycles. The number of rotatable bonds is 5. The summed E-state index contributed by atoms with van der Waals surface area (Å²) in [5.74, 6) is -0.106. The number of hydrogen-bond donors (Lipinski definition) is 0. The number of benzene rings is 1. The molecule has 23 heavy (non-hydrogen) atoms. The van der Waals surface area contributed by atoms with E-state index in [4.69, 9.17) is 4.74 Å². The molecule has 1 amide bonds. The molecule has 2 rings (SSSR count). The van der Waals surface area contributed by atoms with Crippen LogP contribution in [0.2, 0.25) is 0 Å². The molecule has 0 aliphatic carbocycles. The Hall–Kier alpha value is -2.50. The molecule has 0 aliphatic heterocycles. The molecule has 0 saturated carbocycles. The zero-order chi connectivity index (χ0) is 17.0. The Morgan fingerprint density at radius 1 is 1.13 bits per heavy atom. The molecule has 2 aromatic rings. The van der Waals surface area contributed by atoms with E-state index in [1.54, 1.807) is 4.90 Å². The van der Waals surface area contributed by atoms with E-state index in [0.717, 1.165) is 0 Å². The maximum atomic E-state index is 13.7. The van der Waals surface area contributed by atoms with E-state index < -0.39 is 5.82 Å². The van der Waals surface area contributed by atoms with Crippen LogP contribution in [0, 0.1) is 5.82 Å². The molecule has 0 atom stereocenters. The normalized spacial score (nSPS) is 10.9. The lowest BCUT2D eigenvalue weighted by atomic mass is 10.1. The number of amides is 1. The summed E-state index contributed by atoms with van der Waals surface area (Å²) < 4.78 is 19.3. The molecule has 6 heteroatoms. The number of nitrogens with zero attached hydrogens (tertiary/aromatic N) is 3. The molecule has 0 aliphatic rings. The minimum absolute atomic E-state index is 0.0151. The van der Waals surface area contributed by atoms with Crippen molar-refractivity contribution in [3.8, 4) is 11.5 Å². The van der Waals surface area contributed by atoms with Gasteiger partial charge in [0.05, 0.1) is 18.0 Å². The molecule has 0 saturated heterocycles. The fraction of sp³-hybridized carbons (Fsp3) is 0.353. The highest BCUT2D eigenvalue weighted by atomic mass is 19.1. The van der Waals surface area contributed by atoms with Gasteiger partial charge in [-0.2, -0.15) is 0 Å². The van der Waals surface area contributed by atoms with E-state index in [9.17, 15) is 9.18 Å². The second-order valence-corrected chi connectivity index (χ2v) is 5.72. The monoisotopic (exact) mass is 317 g/mol. The number of ether oxygens (including phenoxy) is 1. The second kappa shape index (κ2) is 7.17. The molecule has 0 bridgehead atoms. The predicted molar refractivity (Wildman–Crippen MR) is 84.9 cm³/mol. The van der Waals surface area contributed by atoms with Crippen molar-refractivity contribution in [2.24, 2.45) is 0 Å². The Morgan fingerprint density at radius 3 is 2.30 bits per heavy atom. The summed E-state index contributed by atoms with van der Waals surface area (Å²) in [7, 11) is 0. The Kier molecular flexibility index (Phi) is 5.26. The van der Waals surface area contributed by atoms with Crippen molar-refractivity contribution < 1.29 is 13.9 Å². The molecule has 0 unspecified atom stereocenters. The number of hydrogen-bond acceptors (Lipinski definition) is 4. The van der Waals surface area contributed by atoms with Gasteiger partial charge in [-0.3, -0.25) is 4.79 Å². The van der Waals surface area contributed by atoms with Crippen LogP contribution < -0.4 is 4.74 Å². The van der Waals surface area contributed by atoms with Gasteiger partial charge in [0.2, 0.25) is 0 Å². The van der Waals surface area contributed by atoms with Crippen LogP contribution in [0.15, 0.2) is 36.9 Å². The molecule has 5 nitrogen and oxygen atoms in total. The van der Waals surface area contributed by atoms with E-state index in [1.165, 1.54) is 36.9 Å². The molecule has 0 spiro atoms. The number of halogens is 1. The van der Waals surface area contributed by atoms with Gasteiger partial charge in [0.25, 0.3) is 5.91 Å². The van der Waals surface area contributed by atoms with Crippen molar-refractivity contribution in [1.82, 2.24) is 14.9 Å². The van der Waals surface area contributed by atoms with Crippen LogP contribution in [-0.4, -0.2) is 32.9 Å². The Balaban J connectivity index is 2.40. The third-order valence-electron chi connectivity index (χ3n) is 3.28. The number of carbonyl (C=O) groups excluding carboxylic acids is 1. The summed E-state index contributed by atoms with van der Waals surface area (Å²) in [6.45, 7) is 7.68. The van der Waals surface area contributed by atoms with Gasteiger partial charge in [-0.1, -0.05) is 0 Å². The molecule has 122 valence electrons. The Labute approximate surface area is 135 Å². The minimum Gasteiger partial charge on any atom is -0.453 e. The van der Waals surface area contributed by atoms with Crippen LogP contribution in [-0.2, 0) is 0 Å². The van der Waals surface area contributed by atoms with Gasteiger partial charge in [-0.25, -0.2) is 14.4 Å². The van der Waals surface area contributed by atoms with Crippen molar-refractivity contribution in [1.29, 1.82) is 0 Å². The highest BCUT2D eigenvalue weighted by molar-refractivity contribution is 5.97. The summed E-state index contributed by atoms with van der Waals surface area (Å²) >= 11 is 0. The molecule has 0 radical (unpaired) electrons. The SMILES string of the molecule is CC(C)N(C(=O)c1cc(F)ccc1Oc1cncnc1)C(C)C. The lowest BCUT2D eigenvalue weighted by Crippen LogP contribution is -2.42. The van der Waals surface area contributed by atoms with Crippen LogP contribution in [0.25, 0.3) is 0 Å². The van der Waals surface area contributed by atoms with Gasteiger partial charge in [0.1, 0.15) is 17.9 Å². The summed E-state index contributed by atoms with van der Waals surface area (Å²) in [6, 6.07) is 3.86. The van der Waals surface area contributed by atoms with Gasteiger partial charge in [-0.15, -0.1) is 0 Å². The fourth-order valence-corrected chi connectivity index (χ4v) is 2.43. The van der Waals surface area contributed by atoms with Crippen LogP contribution in [0.4, 0.5) is 4.39 Å². The first-order valence-corrected chi connectivity index (χ1v) is 7.45. The van der Waals surface area contributed by atoms with Gasteiger partial charge in [0.15, 0.2) is 5.75 Å². The van der Waals surface area contributed by atoms with Crippen LogP contribution in [0.5, 0.6) is 11.5 Å². The van der Waals surface area contributed by atoms with Gasteiger partial charge in [0, 0.05) is 12.1 Å². The van der Waals surface area contributed by atoms with Gasteiger partial charge in [-0.05, 0) is 45.9 Å². The molecule has 1 aromatic heterocycles. The van der Waals surface area contributed by atoms with Crippen molar-refractivity contribution >= 4 is 5.91 Å². The quantitative estimate of drug-likeness (QED) is 0.844. The topological polar surface area (TPSA) is 55.3 Å². The summed E-state index contributed by atoms with van der Waals surface area (Å²) in [6.07, 6.45) is 4.34. The first-order chi connectivity index (χ1) is 10.9. The average molecular weight is 317 g/mol. The smallest absolute Gasteiger partial charge is 0.258 e. The van der Waals surface area contributed by atoms with Crippen molar-refractivity contribution in [2.75, 3.05) is 0 Å². The van der Waals surface area contributed by atoms with E-state index in [1.807, 2.05) is 27.7 Å². The standard InChI is InChI=1S/C17H20FN3O2/c1-11(2)21(12(3)4)17(22)15-7-13(18)5-6-16(15)23-14-8-19-10-20-9-14/h5-12H,1-4H3. The van der Waals surface area contributed by atoms with Gasteiger partial charge >= 0.3 is 0 Å². The highest BCUT2D eigenvalue weighted by Crippen LogP contribution is 2.27. The lowest BCUT2D eigenvalue weighted by Gasteiger charge is -2.31. The molecular formula is C17H20FN3O2. The average Bonchev–Trinajstić information content (AvgIpc) is 2.49. The van der Waals surface area contributed by atoms with Crippen molar-refractivity contribution in [3.63, 3.8) is 0 Å². The largest absolute Gasteiger partial charge is 0.453 e. The maximum Gasteiger partial charge on any atom is 0.258 e. The van der Waals surface area contributed by atoms with Crippen LogP contribution in [0.1, 0.15) is 38.1 Å². The Morgan fingerprint density at radius 2 is 1.74 bits per heavy atom. The third-order valence-corrected chi connectivity index (χ3v) is 3.28. The summed E-state index contributed by atoms with van der Waals surface area (Å²) in [5, 5.41) is 0. The Bertz CT molecular complexity index is 667. The highest BCUT2D eigenvalue weighted by Gasteiger charge is 2.25. The first kappa shape index (κ1) is 16.9. The number of aromatic nitrogens is 2. The fourth-order valence-electron chi connectivity index (χ4n) is 2.43. The molecule has 1 heterocycles. The van der Waals surface area contributed by atoms with E-state index >= 15 is 0 Å². The first-order valence-electron chi connectivity index (χ1n) is 7.45. The zero-order valence-electron chi connectivity index (χ0n) is 13.7. The van der Waals surface area contributed by atoms with Gasteiger partial charge < -0.3 is 9.64 Å². The minimum atomic E-state index is -0.488. The third kappa shape index (κ3) is 4.03. The van der Waals surface area contributed by atoms with Crippen LogP contribution in [0.3, 0.4) is 0 Å². The van der Waals surface area contributed by atoms with Crippen LogP contribution >= 0.6 is 0 Å². The molecule has 0 N–H and O–H groups in total. The van der Waals surface area contributed by atoms with E-state index in [-0.39, 0.29) is 29.3 Å². The van der Waals surface area contributed by atoms with Crippen molar-refractivity contribution in [2.45, 2.75) is 39.8 Å².